The molecular formula is C18H29NO2. The van der Waals surface area contributed by atoms with Crippen molar-refractivity contribution in [3.8, 4) is 11.5 Å². The summed E-state index contributed by atoms with van der Waals surface area (Å²) in [4.78, 5) is 0. The van der Waals surface area contributed by atoms with Crippen molar-refractivity contribution in [2.75, 3.05) is 19.8 Å². The molecule has 2 rings (SSSR count). The quantitative estimate of drug-likeness (QED) is 0.668. The first-order valence-electron chi connectivity index (χ1n) is 8.41. The molecular weight excluding hydrogens is 262 g/mol. The normalized spacial score (nSPS) is 15.7. The molecule has 0 aromatic heterocycles. The Labute approximate surface area is 129 Å². The first-order valence-corrected chi connectivity index (χ1v) is 8.41. The van der Waals surface area contributed by atoms with Crippen LogP contribution in [0.1, 0.15) is 46.0 Å². The highest BCUT2D eigenvalue weighted by Gasteiger charge is 2.21. The van der Waals surface area contributed by atoms with E-state index in [1.165, 1.54) is 25.7 Å². The minimum atomic E-state index is 0.671. The van der Waals surface area contributed by atoms with E-state index in [4.69, 9.17) is 9.47 Å². The van der Waals surface area contributed by atoms with E-state index in [2.05, 4.69) is 12.2 Å². The molecule has 1 unspecified atom stereocenters. The van der Waals surface area contributed by atoms with Crippen molar-refractivity contribution >= 4 is 0 Å². The van der Waals surface area contributed by atoms with E-state index >= 15 is 0 Å². The van der Waals surface area contributed by atoms with Crippen molar-refractivity contribution in [2.45, 2.75) is 52.0 Å². The number of hydrogen-bond donors (Lipinski definition) is 1. The molecule has 1 fully saturated rings. The fourth-order valence-corrected chi connectivity index (χ4v) is 2.56. The van der Waals surface area contributed by atoms with E-state index in [1.54, 1.807) is 0 Å². The summed E-state index contributed by atoms with van der Waals surface area (Å²) >= 11 is 0. The molecule has 1 aliphatic rings. The Morgan fingerprint density at radius 2 is 1.81 bits per heavy atom. The molecule has 0 aliphatic heterocycles. The summed E-state index contributed by atoms with van der Waals surface area (Å²) in [5, 5.41) is 3.64. The van der Waals surface area contributed by atoms with E-state index in [9.17, 15) is 0 Å². The number of para-hydroxylation sites is 2. The Bertz CT molecular complexity index is 404. The first kappa shape index (κ1) is 16.2. The first-order chi connectivity index (χ1) is 10.3. The molecule has 1 N–H and O–H groups in total. The van der Waals surface area contributed by atoms with Crippen molar-refractivity contribution in [1.29, 1.82) is 0 Å². The Hall–Kier alpha value is -1.22. The fraction of sp³-hybridized carbons (Fsp3) is 0.667. The molecule has 0 spiro atoms. The number of rotatable bonds is 11. The Morgan fingerprint density at radius 3 is 2.43 bits per heavy atom. The molecule has 3 nitrogen and oxygen atoms in total. The van der Waals surface area contributed by atoms with Gasteiger partial charge >= 0.3 is 0 Å². The predicted octanol–water partition coefficient (Wildman–Crippen LogP) is 4.02. The fourth-order valence-electron chi connectivity index (χ4n) is 2.56. The van der Waals surface area contributed by atoms with Gasteiger partial charge in [0.15, 0.2) is 11.5 Å². The van der Waals surface area contributed by atoms with Gasteiger partial charge in [0.05, 0.1) is 13.2 Å². The third-order valence-electron chi connectivity index (χ3n) is 3.90. The molecule has 0 amide bonds. The third kappa shape index (κ3) is 5.96. The van der Waals surface area contributed by atoms with Crippen LogP contribution in [0.2, 0.25) is 0 Å². The molecule has 1 aromatic carbocycles. The van der Waals surface area contributed by atoms with E-state index < -0.39 is 0 Å². The molecule has 1 aromatic rings. The van der Waals surface area contributed by atoms with Crippen molar-refractivity contribution in [1.82, 2.24) is 5.32 Å². The lowest BCUT2D eigenvalue weighted by Crippen LogP contribution is -2.26. The zero-order chi connectivity index (χ0) is 14.9. The van der Waals surface area contributed by atoms with Gasteiger partial charge in [-0.25, -0.2) is 0 Å². The van der Waals surface area contributed by atoms with Crippen LogP contribution in [0.25, 0.3) is 0 Å². The molecule has 1 saturated carbocycles. The van der Waals surface area contributed by atoms with E-state index in [0.29, 0.717) is 6.61 Å². The smallest absolute Gasteiger partial charge is 0.161 e. The van der Waals surface area contributed by atoms with Crippen molar-refractivity contribution in [2.24, 2.45) is 5.92 Å². The lowest BCUT2D eigenvalue weighted by Gasteiger charge is -2.18. The maximum absolute atomic E-state index is 5.94. The molecule has 0 heterocycles. The lowest BCUT2D eigenvalue weighted by atomic mass is 10.0. The van der Waals surface area contributed by atoms with Gasteiger partial charge in [0.1, 0.15) is 0 Å². The maximum Gasteiger partial charge on any atom is 0.161 e. The van der Waals surface area contributed by atoms with Gasteiger partial charge in [0.2, 0.25) is 0 Å². The van der Waals surface area contributed by atoms with Crippen LogP contribution in [-0.4, -0.2) is 25.8 Å². The molecule has 21 heavy (non-hydrogen) atoms. The van der Waals surface area contributed by atoms with Gasteiger partial charge in [-0.3, -0.25) is 0 Å². The van der Waals surface area contributed by atoms with Gasteiger partial charge in [-0.15, -0.1) is 0 Å². The van der Waals surface area contributed by atoms with E-state index in [0.717, 1.165) is 43.0 Å². The lowest BCUT2D eigenvalue weighted by molar-refractivity contribution is 0.248. The highest BCUT2D eigenvalue weighted by molar-refractivity contribution is 5.39. The largest absolute Gasteiger partial charge is 0.490 e. The SMILES string of the molecule is CCCC(CCOc1ccccc1OCC)CNC1CC1. The van der Waals surface area contributed by atoms with Crippen LogP contribution < -0.4 is 14.8 Å². The zero-order valence-electron chi connectivity index (χ0n) is 13.4. The minimum absolute atomic E-state index is 0.671. The monoisotopic (exact) mass is 291 g/mol. The second kappa shape index (κ2) is 8.93. The second-order valence-electron chi connectivity index (χ2n) is 5.85. The molecule has 3 heteroatoms. The molecule has 118 valence electrons. The third-order valence-corrected chi connectivity index (χ3v) is 3.90. The molecule has 1 aliphatic carbocycles. The zero-order valence-corrected chi connectivity index (χ0v) is 13.4. The average Bonchev–Trinajstić information content (AvgIpc) is 3.31. The topological polar surface area (TPSA) is 30.5 Å². The van der Waals surface area contributed by atoms with Gasteiger partial charge < -0.3 is 14.8 Å². The summed E-state index contributed by atoms with van der Waals surface area (Å²) in [5.41, 5.74) is 0. The summed E-state index contributed by atoms with van der Waals surface area (Å²) in [5.74, 6) is 2.43. The highest BCUT2D eigenvalue weighted by atomic mass is 16.5. The predicted molar refractivity (Wildman–Crippen MR) is 87.1 cm³/mol. The summed E-state index contributed by atoms with van der Waals surface area (Å²) in [7, 11) is 0. The summed E-state index contributed by atoms with van der Waals surface area (Å²) in [6.45, 7) is 6.83. The van der Waals surface area contributed by atoms with Gasteiger partial charge in [-0.1, -0.05) is 25.5 Å². The number of hydrogen-bond acceptors (Lipinski definition) is 3. The van der Waals surface area contributed by atoms with Crippen LogP contribution >= 0.6 is 0 Å². The highest BCUT2D eigenvalue weighted by Crippen LogP contribution is 2.27. The summed E-state index contributed by atoms with van der Waals surface area (Å²) < 4.78 is 11.5. The van der Waals surface area contributed by atoms with Crippen LogP contribution in [0.15, 0.2) is 24.3 Å². The Kier molecular flexibility index (Phi) is 6.87. The summed E-state index contributed by atoms with van der Waals surface area (Å²) in [6, 6.07) is 8.73. The summed E-state index contributed by atoms with van der Waals surface area (Å²) in [6.07, 6.45) is 6.34. The average molecular weight is 291 g/mol. The van der Waals surface area contributed by atoms with Gasteiger partial charge in [-0.2, -0.15) is 0 Å². The van der Waals surface area contributed by atoms with Crippen LogP contribution in [0.5, 0.6) is 11.5 Å². The van der Waals surface area contributed by atoms with Gasteiger partial charge in [0.25, 0.3) is 0 Å². The van der Waals surface area contributed by atoms with E-state index in [-0.39, 0.29) is 0 Å². The van der Waals surface area contributed by atoms with Crippen molar-refractivity contribution in [3.05, 3.63) is 24.3 Å². The van der Waals surface area contributed by atoms with Crippen molar-refractivity contribution < 1.29 is 9.47 Å². The molecule has 1 atom stereocenters. The van der Waals surface area contributed by atoms with Crippen molar-refractivity contribution in [3.63, 3.8) is 0 Å². The van der Waals surface area contributed by atoms with Gasteiger partial charge in [0, 0.05) is 6.04 Å². The molecule has 0 radical (unpaired) electrons. The number of nitrogens with one attached hydrogen (secondary N) is 1. The Balaban J connectivity index is 1.74. The number of benzene rings is 1. The van der Waals surface area contributed by atoms with Gasteiger partial charge in [-0.05, 0) is 57.2 Å². The number of ether oxygens (including phenoxy) is 2. The Morgan fingerprint density at radius 1 is 1.10 bits per heavy atom. The molecule has 0 saturated heterocycles. The maximum atomic E-state index is 5.94. The minimum Gasteiger partial charge on any atom is -0.490 e. The second-order valence-corrected chi connectivity index (χ2v) is 5.85. The van der Waals surface area contributed by atoms with Crippen LogP contribution in [0.3, 0.4) is 0 Å². The standard InChI is InChI=1S/C18H29NO2/c1-3-7-15(14-19-16-10-11-16)12-13-21-18-9-6-5-8-17(18)20-4-2/h5-6,8-9,15-16,19H,3-4,7,10-14H2,1-2H3. The van der Waals surface area contributed by atoms with Crippen LogP contribution in [-0.2, 0) is 0 Å². The van der Waals surface area contributed by atoms with Crippen LogP contribution in [0.4, 0.5) is 0 Å². The van der Waals surface area contributed by atoms with Crippen LogP contribution in [0, 0.1) is 5.92 Å². The van der Waals surface area contributed by atoms with E-state index in [1.807, 2.05) is 31.2 Å². The molecule has 0 bridgehead atoms.